The first-order valence-corrected chi connectivity index (χ1v) is 11.0. The Hall–Kier alpha value is -3.42. The third kappa shape index (κ3) is 4.90. The topological polar surface area (TPSA) is 157 Å². The normalized spacial score (nSPS) is 15.4. The van der Waals surface area contributed by atoms with Crippen molar-refractivity contribution in [3.63, 3.8) is 0 Å². The highest BCUT2D eigenvalue weighted by Gasteiger charge is 2.29. The van der Waals surface area contributed by atoms with Crippen LogP contribution < -0.4 is 5.43 Å². The lowest BCUT2D eigenvalue weighted by molar-refractivity contribution is -0.385. The van der Waals surface area contributed by atoms with Gasteiger partial charge in [0.25, 0.3) is 11.4 Å². The van der Waals surface area contributed by atoms with E-state index in [4.69, 9.17) is 4.74 Å². The van der Waals surface area contributed by atoms with E-state index >= 15 is 0 Å². The SMILES string of the molecule is C/C(=N/Nc1ccc(S(=O)(=O)N2CCOCC2)cc1[N+](=O)[O-])c1ccc(C)c([N+](=O)[O-])c1. The third-order valence-corrected chi connectivity index (χ3v) is 6.84. The molecule has 0 aromatic heterocycles. The lowest BCUT2D eigenvalue weighted by atomic mass is 10.1. The van der Waals surface area contributed by atoms with E-state index in [0.717, 1.165) is 6.07 Å². The van der Waals surface area contributed by atoms with E-state index < -0.39 is 25.6 Å². The number of hydrogen-bond acceptors (Lipinski definition) is 9. The van der Waals surface area contributed by atoms with Crippen LogP contribution in [0.5, 0.6) is 0 Å². The van der Waals surface area contributed by atoms with Crippen molar-refractivity contribution >= 4 is 32.8 Å². The van der Waals surface area contributed by atoms with Gasteiger partial charge in [-0.25, -0.2) is 8.42 Å². The summed E-state index contributed by atoms with van der Waals surface area (Å²) in [5.41, 5.74) is 3.32. The van der Waals surface area contributed by atoms with E-state index in [1.165, 1.54) is 22.5 Å². The number of ether oxygens (including phenoxy) is 1. The fourth-order valence-electron chi connectivity index (χ4n) is 3.09. The van der Waals surface area contributed by atoms with Gasteiger partial charge in [-0.15, -0.1) is 0 Å². The van der Waals surface area contributed by atoms with Crippen molar-refractivity contribution in [2.45, 2.75) is 18.7 Å². The Morgan fingerprint density at radius 2 is 1.72 bits per heavy atom. The number of nitrogens with zero attached hydrogens (tertiary/aromatic N) is 4. The van der Waals surface area contributed by atoms with Crippen LogP contribution in [0.4, 0.5) is 17.1 Å². The van der Waals surface area contributed by atoms with E-state index in [-0.39, 0.29) is 42.6 Å². The lowest BCUT2D eigenvalue weighted by Crippen LogP contribution is -2.40. The first-order valence-electron chi connectivity index (χ1n) is 9.53. The number of rotatable bonds is 7. The molecule has 13 heteroatoms. The maximum atomic E-state index is 12.8. The van der Waals surface area contributed by atoms with Gasteiger partial charge >= 0.3 is 0 Å². The van der Waals surface area contributed by atoms with E-state index in [1.54, 1.807) is 26.0 Å². The van der Waals surface area contributed by atoms with Crippen molar-refractivity contribution in [2.24, 2.45) is 5.10 Å². The summed E-state index contributed by atoms with van der Waals surface area (Å²) < 4.78 is 31.9. The molecular formula is C19H21N5O7S. The van der Waals surface area contributed by atoms with Gasteiger partial charge in [-0.2, -0.15) is 9.41 Å². The van der Waals surface area contributed by atoms with Crippen molar-refractivity contribution < 1.29 is 23.0 Å². The highest BCUT2D eigenvalue weighted by Crippen LogP contribution is 2.29. The Balaban J connectivity index is 1.89. The Morgan fingerprint density at radius 1 is 1.06 bits per heavy atom. The molecular weight excluding hydrogens is 442 g/mol. The number of nitrogens with one attached hydrogen (secondary N) is 1. The van der Waals surface area contributed by atoms with E-state index in [0.29, 0.717) is 16.8 Å². The molecule has 2 aromatic carbocycles. The number of nitro benzene ring substituents is 2. The Bertz CT molecular complexity index is 1190. The average molecular weight is 463 g/mol. The summed E-state index contributed by atoms with van der Waals surface area (Å²) in [7, 11) is -3.90. The van der Waals surface area contributed by atoms with Crippen LogP contribution in [-0.4, -0.2) is 54.6 Å². The number of sulfonamides is 1. The van der Waals surface area contributed by atoms with Gasteiger partial charge in [0.2, 0.25) is 10.0 Å². The van der Waals surface area contributed by atoms with E-state index in [2.05, 4.69) is 10.5 Å². The highest BCUT2D eigenvalue weighted by molar-refractivity contribution is 7.89. The molecule has 1 fully saturated rings. The Kier molecular flexibility index (Phi) is 6.81. The molecule has 32 heavy (non-hydrogen) atoms. The highest BCUT2D eigenvalue weighted by atomic mass is 32.2. The third-order valence-electron chi connectivity index (χ3n) is 4.94. The molecule has 0 radical (unpaired) electrons. The van der Waals surface area contributed by atoms with Crippen LogP contribution in [0.2, 0.25) is 0 Å². The molecule has 3 rings (SSSR count). The molecule has 0 saturated carbocycles. The number of nitro groups is 2. The molecule has 0 amide bonds. The second-order valence-electron chi connectivity index (χ2n) is 7.02. The molecule has 1 heterocycles. The average Bonchev–Trinajstić information content (AvgIpc) is 2.77. The predicted molar refractivity (Wildman–Crippen MR) is 116 cm³/mol. The zero-order valence-corrected chi connectivity index (χ0v) is 18.2. The molecule has 0 bridgehead atoms. The van der Waals surface area contributed by atoms with Crippen molar-refractivity contribution in [2.75, 3.05) is 31.7 Å². The molecule has 12 nitrogen and oxygen atoms in total. The van der Waals surface area contributed by atoms with E-state index in [9.17, 15) is 28.6 Å². The van der Waals surface area contributed by atoms with Crippen molar-refractivity contribution in [3.8, 4) is 0 Å². The Morgan fingerprint density at radius 3 is 2.34 bits per heavy atom. The molecule has 0 spiro atoms. The quantitative estimate of drug-likeness (QED) is 0.373. The minimum atomic E-state index is -3.90. The number of morpholine rings is 1. The molecule has 170 valence electrons. The van der Waals surface area contributed by atoms with Crippen molar-refractivity contribution in [1.29, 1.82) is 0 Å². The number of aryl methyl sites for hydroxylation is 1. The predicted octanol–water partition coefficient (Wildman–Crippen LogP) is 2.67. The van der Waals surface area contributed by atoms with Crippen LogP contribution in [-0.2, 0) is 14.8 Å². The standard InChI is InChI=1S/C19H21N5O7S/c1-13-3-4-15(11-18(13)23(25)26)14(2)20-21-17-6-5-16(12-19(17)24(27)28)32(29,30)22-7-9-31-10-8-22/h3-6,11-12,21H,7-10H2,1-2H3/b20-14-. The molecule has 2 aromatic rings. The summed E-state index contributed by atoms with van der Waals surface area (Å²) in [4.78, 5) is 21.3. The second-order valence-corrected chi connectivity index (χ2v) is 8.96. The van der Waals surface area contributed by atoms with Gasteiger partial charge in [0, 0.05) is 36.3 Å². The number of anilines is 1. The minimum absolute atomic E-state index is 0.0168. The summed E-state index contributed by atoms with van der Waals surface area (Å²) in [6, 6.07) is 8.11. The molecule has 0 unspecified atom stereocenters. The van der Waals surface area contributed by atoms with Gasteiger partial charge < -0.3 is 4.74 Å². The molecule has 1 N–H and O–H groups in total. The molecule has 1 saturated heterocycles. The second kappa shape index (κ2) is 9.38. The number of hydrogen-bond donors (Lipinski definition) is 1. The van der Waals surface area contributed by atoms with Crippen LogP contribution in [0.1, 0.15) is 18.1 Å². The maximum absolute atomic E-state index is 12.8. The molecule has 1 aliphatic heterocycles. The number of benzene rings is 2. The summed E-state index contributed by atoms with van der Waals surface area (Å²) in [6.45, 7) is 4.05. The zero-order valence-electron chi connectivity index (χ0n) is 17.3. The minimum Gasteiger partial charge on any atom is -0.379 e. The Labute approximate surface area is 183 Å². The van der Waals surface area contributed by atoms with E-state index in [1.807, 2.05) is 0 Å². The summed E-state index contributed by atoms with van der Waals surface area (Å²) in [6.07, 6.45) is 0. The monoisotopic (exact) mass is 463 g/mol. The molecule has 0 aliphatic carbocycles. The number of hydrazone groups is 1. The van der Waals surface area contributed by atoms with Gasteiger partial charge in [-0.05, 0) is 26.0 Å². The van der Waals surface area contributed by atoms with Gasteiger partial charge in [-0.1, -0.05) is 12.1 Å². The van der Waals surface area contributed by atoms with Crippen LogP contribution in [0.25, 0.3) is 0 Å². The lowest BCUT2D eigenvalue weighted by Gasteiger charge is -2.26. The van der Waals surface area contributed by atoms with Crippen LogP contribution in [0.15, 0.2) is 46.4 Å². The van der Waals surface area contributed by atoms with Gasteiger partial charge in [-0.3, -0.25) is 25.7 Å². The van der Waals surface area contributed by atoms with Crippen LogP contribution in [0.3, 0.4) is 0 Å². The first kappa shape index (κ1) is 23.2. The van der Waals surface area contributed by atoms with Gasteiger partial charge in [0.1, 0.15) is 5.69 Å². The summed E-state index contributed by atoms with van der Waals surface area (Å²) in [5.74, 6) is 0. The first-order chi connectivity index (χ1) is 15.1. The van der Waals surface area contributed by atoms with Gasteiger partial charge in [0.15, 0.2) is 0 Å². The fourth-order valence-corrected chi connectivity index (χ4v) is 4.52. The maximum Gasteiger partial charge on any atom is 0.295 e. The zero-order chi connectivity index (χ0) is 23.5. The summed E-state index contributed by atoms with van der Waals surface area (Å²) in [5, 5.41) is 26.8. The van der Waals surface area contributed by atoms with Crippen molar-refractivity contribution in [1.82, 2.24) is 4.31 Å². The smallest absolute Gasteiger partial charge is 0.295 e. The van der Waals surface area contributed by atoms with Crippen LogP contribution in [0, 0.1) is 27.2 Å². The van der Waals surface area contributed by atoms with Crippen molar-refractivity contribution in [3.05, 3.63) is 67.8 Å². The largest absolute Gasteiger partial charge is 0.379 e. The fraction of sp³-hybridized carbons (Fsp3) is 0.316. The molecule has 1 aliphatic rings. The van der Waals surface area contributed by atoms with Gasteiger partial charge in [0.05, 0.1) is 33.7 Å². The molecule has 0 atom stereocenters. The van der Waals surface area contributed by atoms with Crippen LogP contribution >= 0.6 is 0 Å². The summed E-state index contributed by atoms with van der Waals surface area (Å²) >= 11 is 0.